The van der Waals surface area contributed by atoms with Gasteiger partial charge in [-0.05, 0) is 45.0 Å². The molecule has 1 atom stereocenters. The first-order valence-electron chi connectivity index (χ1n) is 11.6. The monoisotopic (exact) mass is 574 g/mol. The highest BCUT2D eigenvalue weighted by atomic mass is 79.9. The molecule has 0 aliphatic rings. The quantitative estimate of drug-likeness (QED) is 0.146. The number of carbonyl (C=O) groups is 1. The zero-order valence-electron chi connectivity index (χ0n) is 21.1. The number of halogens is 1. The van der Waals surface area contributed by atoms with Crippen molar-refractivity contribution in [2.24, 2.45) is 5.10 Å². The first-order valence-corrected chi connectivity index (χ1v) is 12.4. The van der Waals surface area contributed by atoms with Gasteiger partial charge in [-0.15, -0.1) is 0 Å². The Bertz CT molecular complexity index is 1420. The molecule has 1 heterocycles. The number of rotatable bonds is 10. The van der Waals surface area contributed by atoms with E-state index in [9.17, 15) is 19.7 Å². The van der Waals surface area contributed by atoms with Gasteiger partial charge in [-0.25, -0.2) is 9.78 Å². The SMILES string of the molecule is CCOC(=O)[C@H](C)Oc1c(OCC)cc(C=Nn2c(C(C)C)nc3ccc(Br)cc3c2=O)cc1[N+](=O)[O-]. The Labute approximate surface area is 221 Å². The maximum atomic E-state index is 13.3. The molecule has 2 aromatic carbocycles. The van der Waals surface area contributed by atoms with Crippen LogP contribution in [-0.4, -0.2) is 46.1 Å². The summed E-state index contributed by atoms with van der Waals surface area (Å²) in [4.78, 5) is 41.1. The molecule has 0 saturated heterocycles. The summed E-state index contributed by atoms with van der Waals surface area (Å²) in [5, 5.41) is 16.6. The molecule has 0 aliphatic carbocycles. The topological polar surface area (TPSA) is 135 Å². The normalized spacial score (nSPS) is 12.2. The Hall–Kier alpha value is -3.80. The van der Waals surface area contributed by atoms with Crippen molar-refractivity contribution >= 4 is 44.7 Å². The first-order chi connectivity index (χ1) is 17.6. The maximum absolute atomic E-state index is 13.3. The lowest BCUT2D eigenvalue weighted by molar-refractivity contribution is -0.386. The van der Waals surface area contributed by atoms with Crippen LogP contribution in [0.3, 0.4) is 0 Å². The average molecular weight is 575 g/mol. The molecule has 0 fully saturated rings. The van der Waals surface area contributed by atoms with E-state index in [4.69, 9.17) is 14.2 Å². The molecule has 0 bridgehead atoms. The van der Waals surface area contributed by atoms with Crippen LogP contribution in [0.2, 0.25) is 0 Å². The summed E-state index contributed by atoms with van der Waals surface area (Å²) < 4.78 is 18.0. The highest BCUT2D eigenvalue weighted by molar-refractivity contribution is 9.10. The molecule has 196 valence electrons. The van der Waals surface area contributed by atoms with Crippen molar-refractivity contribution in [3.63, 3.8) is 0 Å². The molecule has 0 radical (unpaired) electrons. The Morgan fingerprint density at radius 1 is 1.22 bits per heavy atom. The number of hydrogen-bond donors (Lipinski definition) is 0. The summed E-state index contributed by atoms with van der Waals surface area (Å²) in [6.45, 7) is 8.87. The van der Waals surface area contributed by atoms with Crippen molar-refractivity contribution in [1.82, 2.24) is 9.66 Å². The number of ether oxygens (including phenoxy) is 3. The Morgan fingerprint density at radius 3 is 2.57 bits per heavy atom. The number of nitro benzene ring substituents is 1. The van der Waals surface area contributed by atoms with E-state index < -0.39 is 22.7 Å². The van der Waals surface area contributed by atoms with Crippen molar-refractivity contribution in [3.05, 3.63) is 66.7 Å². The zero-order chi connectivity index (χ0) is 27.3. The van der Waals surface area contributed by atoms with E-state index in [1.54, 1.807) is 32.0 Å². The highest BCUT2D eigenvalue weighted by Gasteiger charge is 2.27. The third-order valence-electron chi connectivity index (χ3n) is 5.14. The van der Waals surface area contributed by atoms with Gasteiger partial charge in [-0.3, -0.25) is 14.9 Å². The van der Waals surface area contributed by atoms with E-state index in [0.717, 1.165) is 4.47 Å². The van der Waals surface area contributed by atoms with Crippen LogP contribution in [0.25, 0.3) is 10.9 Å². The second kappa shape index (κ2) is 12.0. The molecule has 0 aliphatic heterocycles. The van der Waals surface area contributed by atoms with Crippen LogP contribution >= 0.6 is 15.9 Å². The van der Waals surface area contributed by atoms with E-state index in [0.29, 0.717) is 16.7 Å². The minimum atomic E-state index is -1.10. The molecule has 37 heavy (non-hydrogen) atoms. The molecule has 12 heteroatoms. The number of aromatic nitrogens is 2. The lowest BCUT2D eigenvalue weighted by Gasteiger charge is -2.17. The second-order valence-corrected chi connectivity index (χ2v) is 9.13. The molecule has 3 rings (SSSR count). The number of carbonyl (C=O) groups excluding carboxylic acids is 1. The Balaban J connectivity index is 2.13. The van der Waals surface area contributed by atoms with E-state index in [1.165, 1.54) is 29.9 Å². The third kappa shape index (κ3) is 6.31. The largest absolute Gasteiger partial charge is 0.490 e. The van der Waals surface area contributed by atoms with Gasteiger partial charge < -0.3 is 14.2 Å². The molecule has 11 nitrogen and oxygen atoms in total. The van der Waals surface area contributed by atoms with Gasteiger partial charge in [0.25, 0.3) is 5.56 Å². The van der Waals surface area contributed by atoms with Crippen molar-refractivity contribution in [2.75, 3.05) is 13.2 Å². The summed E-state index contributed by atoms with van der Waals surface area (Å²) in [7, 11) is 0. The van der Waals surface area contributed by atoms with Crippen molar-refractivity contribution in [2.45, 2.75) is 46.6 Å². The lowest BCUT2D eigenvalue weighted by atomic mass is 10.1. The molecular weight excluding hydrogens is 548 g/mol. The summed E-state index contributed by atoms with van der Waals surface area (Å²) in [6, 6.07) is 7.92. The van der Waals surface area contributed by atoms with E-state index in [2.05, 4.69) is 26.0 Å². The van der Waals surface area contributed by atoms with E-state index in [-0.39, 0.29) is 41.8 Å². The molecule has 0 spiro atoms. The van der Waals surface area contributed by atoms with Gasteiger partial charge in [-0.2, -0.15) is 9.78 Å². The molecule has 0 saturated carbocycles. The van der Waals surface area contributed by atoms with Crippen LogP contribution < -0.4 is 15.0 Å². The van der Waals surface area contributed by atoms with Crippen LogP contribution in [0.15, 0.2) is 44.7 Å². The van der Waals surface area contributed by atoms with Gasteiger partial charge in [0, 0.05) is 22.0 Å². The minimum Gasteiger partial charge on any atom is -0.490 e. The van der Waals surface area contributed by atoms with Crippen LogP contribution in [0.1, 0.15) is 51.9 Å². The van der Waals surface area contributed by atoms with Crippen LogP contribution in [0.5, 0.6) is 11.5 Å². The lowest BCUT2D eigenvalue weighted by Crippen LogP contribution is -2.26. The van der Waals surface area contributed by atoms with Gasteiger partial charge in [0.1, 0.15) is 5.82 Å². The van der Waals surface area contributed by atoms with Crippen LogP contribution in [0, 0.1) is 10.1 Å². The number of nitro groups is 1. The number of benzene rings is 2. The van der Waals surface area contributed by atoms with Crippen LogP contribution in [0.4, 0.5) is 5.69 Å². The predicted molar refractivity (Wildman–Crippen MR) is 142 cm³/mol. The Kier molecular flexibility index (Phi) is 8.98. The van der Waals surface area contributed by atoms with Gasteiger partial charge in [-0.1, -0.05) is 29.8 Å². The van der Waals surface area contributed by atoms with E-state index >= 15 is 0 Å². The molecule has 1 aromatic heterocycles. The third-order valence-corrected chi connectivity index (χ3v) is 5.63. The second-order valence-electron chi connectivity index (χ2n) is 8.22. The first kappa shape index (κ1) is 27.8. The van der Waals surface area contributed by atoms with Gasteiger partial charge in [0.2, 0.25) is 5.75 Å². The predicted octanol–water partition coefficient (Wildman–Crippen LogP) is 4.80. The molecule has 0 unspecified atom stereocenters. The summed E-state index contributed by atoms with van der Waals surface area (Å²) in [6.07, 6.45) is 0.208. The van der Waals surface area contributed by atoms with Crippen molar-refractivity contribution in [1.29, 1.82) is 0 Å². The van der Waals surface area contributed by atoms with Crippen molar-refractivity contribution < 1.29 is 23.9 Å². The maximum Gasteiger partial charge on any atom is 0.347 e. The summed E-state index contributed by atoms with van der Waals surface area (Å²) >= 11 is 3.37. The molecule has 3 aromatic rings. The molecule has 0 N–H and O–H groups in total. The average Bonchev–Trinajstić information content (AvgIpc) is 2.84. The van der Waals surface area contributed by atoms with Crippen LogP contribution in [-0.2, 0) is 9.53 Å². The molecule has 0 amide bonds. The van der Waals surface area contributed by atoms with Gasteiger partial charge >= 0.3 is 11.7 Å². The number of hydrogen-bond acceptors (Lipinski definition) is 9. The van der Waals surface area contributed by atoms with Gasteiger partial charge in [0.05, 0.1) is 35.3 Å². The smallest absolute Gasteiger partial charge is 0.347 e. The highest BCUT2D eigenvalue weighted by Crippen LogP contribution is 2.39. The fraction of sp³-hybridized carbons (Fsp3) is 0.360. The number of fused-ring (bicyclic) bond motifs is 1. The Morgan fingerprint density at radius 2 is 1.95 bits per heavy atom. The standard InChI is InChI=1S/C25H27BrN4O7/c1-6-35-21-11-16(10-20(30(33)34)22(21)37-15(5)25(32)36-7-2)13-27-29-23(14(3)4)28-19-9-8-17(26)12-18(19)24(29)31/h8-15H,6-7H2,1-5H3/t15-/m0/s1. The number of esters is 1. The van der Waals surface area contributed by atoms with E-state index in [1.807, 2.05) is 13.8 Å². The van der Waals surface area contributed by atoms with Crippen molar-refractivity contribution in [3.8, 4) is 11.5 Å². The summed E-state index contributed by atoms with van der Waals surface area (Å²) in [5.74, 6) is -0.529. The van der Waals surface area contributed by atoms with Gasteiger partial charge in [0.15, 0.2) is 11.9 Å². The zero-order valence-corrected chi connectivity index (χ0v) is 22.6. The number of nitrogens with zero attached hydrogens (tertiary/aromatic N) is 4. The fourth-order valence-electron chi connectivity index (χ4n) is 3.46. The summed E-state index contributed by atoms with van der Waals surface area (Å²) in [5.41, 5.74) is 0.00613. The minimum absolute atomic E-state index is 0.0475. The fourth-order valence-corrected chi connectivity index (χ4v) is 3.82. The molecular formula is C25H27BrN4O7.